The lowest BCUT2D eigenvalue weighted by molar-refractivity contribution is 0.0602. The summed E-state index contributed by atoms with van der Waals surface area (Å²) >= 11 is 0. The Morgan fingerprint density at radius 2 is 1.92 bits per heavy atom. The number of hydrogen-bond donors (Lipinski definition) is 2. The number of hydrogen-bond acceptors (Lipinski definition) is 6. The third-order valence-corrected chi connectivity index (χ3v) is 4.12. The van der Waals surface area contributed by atoms with E-state index in [9.17, 15) is 9.90 Å². The number of phenolic OH excluding ortho intramolecular Hbond substituents is 1. The first kappa shape index (κ1) is 15.8. The lowest BCUT2D eigenvalue weighted by Crippen LogP contribution is -2.05. The topological polar surface area (TPSA) is 84.3 Å². The highest BCUT2D eigenvalue weighted by Gasteiger charge is 2.17. The van der Waals surface area contributed by atoms with E-state index in [0.717, 1.165) is 16.3 Å². The number of benzene rings is 2. The van der Waals surface area contributed by atoms with Crippen molar-refractivity contribution in [3.8, 4) is 5.75 Å². The van der Waals surface area contributed by atoms with Gasteiger partial charge in [0.15, 0.2) is 0 Å². The molecule has 0 unspecified atom stereocenters. The Hall–Kier alpha value is -3.67. The summed E-state index contributed by atoms with van der Waals surface area (Å²) < 4.78 is 4.91. The molecular formula is C20H15N3O3. The molecule has 0 amide bonds. The first-order chi connectivity index (χ1) is 12.7. The van der Waals surface area contributed by atoms with Crippen LogP contribution in [0.5, 0.6) is 5.75 Å². The van der Waals surface area contributed by atoms with Gasteiger partial charge < -0.3 is 15.2 Å². The zero-order valence-electron chi connectivity index (χ0n) is 13.9. The predicted molar refractivity (Wildman–Crippen MR) is 99.8 cm³/mol. The molecule has 0 aliphatic carbocycles. The molecule has 128 valence electrons. The van der Waals surface area contributed by atoms with E-state index >= 15 is 0 Å². The van der Waals surface area contributed by atoms with Gasteiger partial charge in [-0.1, -0.05) is 24.3 Å². The molecule has 0 radical (unpaired) electrons. The summed E-state index contributed by atoms with van der Waals surface area (Å²) in [5, 5.41) is 15.1. The highest BCUT2D eigenvalue weighted by Crippen LogP contribution is 2.33. The molecule has 0 aliphatic rings. The molecule has 0 saturated heterocycles. The maximum Gasteiger partial charge on any atom is 0.340 e. The van der Waals surface area contributed by atoms with Crippen molar-refractivity contribution in [3.05, 3.63) is 66.5 Å². The number of nitrogens with zero attached hydrogens (tertiary/aromatic N) is 2. The highest BCUT2D eigenvalue weighted by molar-refractivity contribution is 6.18. The number of carbonyl (C=O) groups is 1. The van der Waals surface area contributed by atoms with Crippen molar-refractivity contribution in [2.75, 3.05) is 12.4 Å². The Balaban J connectivity index is 2.02. The number of carbonyl (C=O) groups excluding carboxylic acids is 1. The van der Waals surface area contributed by atoms with Crippen LogP contribution in [0.25, 0.3) is 21.7 Å². The van der Waals surface area contributed by atoms with Gasteiger partial charge in [-0.2, -0.15) is 0 Å². The van der Waals surface area contributed by atoms with Crippen molar-refractivity contribution in [2.45, 2.75) is 0 Å². The number of rotatable bonds is 3. The second kappa shape index (κ2) is 6.33. The van der Waals surface area contributed by atoms with Crippen LogP contribution in [-0.2, 0) is 4.74 Å². The molecule has 2 heterocycles. The average molecular weight is 345 g/mol. The second-order valence-corrected chi connectivity index (χ2v) is 5.75. The van der Waals surface area contributed by atoms with Crippen LogP contribution in [-0.4, -0.2) is 28.2 Å². The first-order valence-electron chi connectivity index (χ1n) is 7.98. The average Bonchev–Trinajstić information content (AvgIpc) is 2.67. The molecular weight excluding hydrogens is 330 g/mol. The number of ether oxygens (including phenoxy) is 1. The molecule has 2 N–H and O–H groups in total. The summed E-state index contributed by atoms with van der Waals surface area (Å²) in [6, 6.07) is 14.3. The second-order valence-electron chi connectivity index (χ2n) is 5.75. The maximum absolute atomic E-state index is 12.2. The number of nitrogens with one attached hydrogen (secondary N) is 1. The molecule has 0 aliphatic heterocycles. The first-order valence-corrected chi connectivity index (χ1v) is 7.98. The van der Waals surface area contributed by atoms with E-state index in [0.29, 0.717) is 22.5 Å². The monoisotopic (exact) mass is 345 g/mol. The van der Waals surface area contributed by atoms with E-state index in [1.165, 1.54) is 13.3 Å². The summed E-state index contributed by atoms with van der Waals surface area (Å²) in [5.41, 5.74) is 1.79. The molecule has 0 saturated carbocycles. The Kier molecular flexibility index (Phi) is 3.85. The molecule has 0 bridgehead atoms. The van der Waals surface area contributed by atoms with E-state index in [4.69, 9.17) is 4.74 Å². The molecule has 4 aromatic rings. The van der Waals surface area contributed by atoms with Gasteiger partial charge in [-0.25, -0.2) is 9.78 Å². The number of fused-ring (bicyclic) bond motifs is 3. The van der Waals surface area contributed by atoms with Crippen LogP contribution in [0.1, 0.15) is 10.4 Å². The summed E-state index contributed by atoms with van der Waals surface area (Å²) in [5.74, 6) is 0.235. The molecule has 0 atom stereocenters. The molecule has 26 heavy (non-hydrogen) atoms. The Morgan fingerprint density at radius 3 is 2.73 bits per heavy atom. The molecule has 4 rings (SSSR count). The number of esters is 1. The van der Waals surface area contributed by atoms with E-state index in [-0.39, 0.29) is 5.75 Å². The van der Waals surface area contributed by atoms with Gasteiger partial charge >= 0.3 is 5.97 Å². The standard InChI is InChI=1S/C20H15N3O3/c1-26-20(25)16-11-21-10-15-18(16)14-7-2-3-8-17(14)23-19(15)22-12-5-4-6-13(24)9-12/h2-11,24H,1H3,(H,22,23). The zero-order valence-corrected chi connectivity index (χ0v) is 13.9. The van der Waals surface area contributed by atoms with E-state index in [1.807, 2.05) is 30.3 Å². The molecule has 2 aromatic heterocycles. The van der Waals surface area contributed by atoms with Crippen molar-refractivity contribution >= 4 is 39.1 Å². The van der Waals surface area contributed by atoms with Crippen LogP contribution in [0.15, 0.2) is 60.9 Å². The van der Waals surface area contributed by atoms with Crippen molar-refractivity contribution < 1.29 is 14.6 Å². The van der Waals surface area contributed by atoms with E-state index < -0.39 is 5.97 Å². The van der Waals surface area contributed by atoms with E-state index in [1.54, 1.807) is 24.4 Å². The molecule has 0 spiro atoms. The van der Waals surface area contributed by atoms with Gasteiger partial charge in [0, 0.05) is 40.3 Å². The van der Waals surface area contributed by atoms with Crippen LogP contribution in [0.3, 0.4) is 0 Å². The fraction of sp³-hybridized carbons (Fsp3) is 0.0500. The molecule has 6 heteroatoms. The van der Waals surface area contributed by atoms with Gasteiger partial charge in [0.05, 0.1) is 18.2 Å². The van der Waals surface area contributed by atoms with Crippen molar-refractivity contribution in [2.24, 2.45) is 0 Å². The van der Waals surface area contributed by atoms with Crippen molar-refractivity contribution in [1.29, 1.82) is 0 Å². The summed E-state index contributed by atoms with van der Waals surface area (Å²) in [6.07, 6.45) is 3.16. The van der Waals surface area contributed by atoms with Gasteiger partial charge in [0.1, 0.15) is 11.6 Å². The largest absolute Gasteiger partial charge is 0.508 e. The molecule has 2 aromatic carbocycles. The van der Waals surface area contributed by atoms with Crippen molar-refractivity contribution in [1.82, 2.24) is 9.97 Å². The summed E-state index contributed by atoms with van der Waals surface area (Å²) in [7, 11) is 1.34. The third kappa shape index (κ3) is 2.67. The van der Waals surface area contributed by atoms with Gasteiger partial charge in [0.25, 0.3) is 0 Å². The minimum atomic E-state index is -0.456. The Bertz CT molecular complexity index is 1140. The predicted octanol–water partition coefficient (Wildman–Crippen LogP) is 4.02. The lowest BCUT2D eigenvalue weighted by atomic mass is 10.0. The summed E-state index contributed by atoms with van der Waals surface area (Å²) in [6.45, 7) is 0. The third-order valence-electron chi connectivity index (χ3n) is 4.12. The zero-order chi connectivity index (χ0) is 18.1. The Morgan fingerprint density at radius 1 is 1.08 bits per heavy atom. The van der Waals surface area contributed by atoms with Gasteiger partial charge in [-0.15, -0.1) is 0 Å². The SMILES string of the molecule is COC(=O)c1cncc2c(Nc3cccc(O)c3)nc3ccccc3c12. The van der Waals surface area contributed by atoms with Crippen LogP contribution in [0.2, 0.25) is 0 Å². The lowest BCUT2D eigenvalue weighted by Gasteiger charge is -2.13. The van der Waals surface area contributed by atoms with Crippen LogP contribution in [0, 0.1) is 0 Å². The van der Waals surface area contributed by atoms with Crippen LogP contribution >= 0.6 is 0 Å². The molecule has 6 nitrogen and oxygen atoms in total. The summed E-state index contributed by atoms with van der Waals surface area (Å²) in [4.78, 5) is 21.1. The van der Waals surface area contributed by atoms with Crippen LogP contribution in [0.4, 0.5) is 11.5 Å². The number of para-hydroxylation sites is 1. The fourth-order valence-electron chi connectivity index (χ4n) is 2.97. The van der Waals surface area contributed by atoms with Crippen LogP contribution < -0.4 is 5.32 Å². The smallest absolute Gasteiger partial charge is 0.340 e. The molecule has 0 fully saturated rings. The quantitative estimate of drug-likeness (QED) is 0.431. The van der Waals surface area contributed by atoms with Crippen molar-refractivity contribution in [3.63, 3.8) is 0 Å². The number of pyridine rings is 2. The normalized spacial score (nSPS) is 10.8. The Labute approximate surface area is 149 Å². The van der Waals surface area contributed by atoms with Gasteiger partial charge in [-0.3, -0.25) is 4.98 Å². The number of anilines is 2. The minimum Gasteiger partial charge on any atom is -0.508 e. The minimum absolute atomic E-state index is 0.147. The number of aromatic nitrogens is 2. The fourth-order valence-corrected chi connectivity index (χ4v) is 2.97. The maximum atomic E-state index is 12.2. The highest BCUT2D eigenvalue weighted by atomic mass is 16.5. The number of phenols is 1. The van der Waals surface area contributed by atoms with Gasteiger partial charge in [0.2, 0.25) is 0 Å². The number of aromatic hydroxyl groups is 1. The van der Waals surface area contributed by atoms with Gasteiger partial charge in [-0.05, 0) is 18.2 Å². The number of methoxy groups -OCH3 is 1. The van der Waals surface area contributed by atoms with E-state index in [2.05, 4.69) is 15.3 Å².